The van der Waals surface area contributed by atoms with Crippen molar-refractivity contribution in [3.63, 3.8) is 0 Å². The van der Waals surface area contributed by atoms with Crippen LogP contribution >= 0.6 is 55.1 Å². The summed E-state index contributed by atoms with van der Waals surface area (Å²) in [6.07, 6.45) is 0. The van der Waals surface area contributed by atoms with Gasteiger partial charge in [-0.25, -0.2) is 4.39 Å². The molecule has 0 aliphatic rings. The highest BCUT2D eigenvalue weighted by Gasteiger charge is 2.17. The summed E-state index contributed by atoms with van der Waals surface area (Å²) in [4.78, 5) is -0.310. The predicted octanol–water partition coefficient (Wildman–Crippen LogP) is 6.38. The first-order valence-electron chi connectivity index (χ1n) is 5.03. The van der Waals surface area contributed by atoms with E-state index in [9.17, 15) is 4.39 Å². The van der Waals surface area contributed by atoms with Gasteiger partial charge in [-0.2, -0.15) is 0 Å². The van der Waals surface area contributed by atoms with Crippen LogP contribution in [0.5, 0.6) is 0 Å². The molecule has 0 amide bonds. The lowest BCUT2D eigenvalue weighted by Crippen LogP contribution is -1.97. The molecule has 0 spiro atoms. The average molecular weight is 413 g/mol. The van der Waals surface area contributed by atoms with E-state index in [1.54, 1.807) is 30.3 Å². The SMILES string of the molecule is Fc1cc(Br)ccc1C(Br)c1ccc(Cl)cc1Cl. The first kappa shape index (κ1) is 14.3. The third-order valence-electron chi connectivity index (χ3n) is 2.47. The van der Waals surface area contributed by atoms with Crippen molar-refractivity contribution in [1.29, 1.82) is 0 Å². The maximum absolute atomic E-state index is 13.9. The molecule has 0 aromatic heterocycles. The van der Waals surface area contributed by atoms with Crippen molar-refractivity contribution < 1.29 is 4.39 Å². The second-order valence-electron chi connectivity index (χ2n) is 3.69. The number of benzene rings is 2. The molecule has 5 heteroatoms. The van der Waals surface area contributed by atoms with Crippen LogP contribution in [-0.2, 0) is 0 Å². The van der Waals surface area contributed by atoms with Crippen LogP contribution in [0.2, 0.25) is 10.0 Å². The van der Waals surface area contributed by atoms with E-state index >= 15 is 0 Å². The standard InChI is InChI=1S/C13H7Br2Cl2F/c14-7-1-3-10(12(18)5-7)13(15)9-4-2-8(16)6-11(9)17/h1-6,13H. The molecule has 0 saturated heterocycles. The molecule has 0 nitrogen and oxygen atoms in total. The summed E-state index contributed by atoms with van der Waals surface area (Å²) in [6, 6.07) is 10.1. The van der Waals surface area contributed by atoms with Crippen LogP contribution in [0.15, 0.2) is 40.9 Å². The Labute approximate surface area is 131 Å². The number of hydrogen-bond donors (Lipinski definition) is 0. The van der Waals surface area contributed by atoms with Crippen molar-refractivity contribution in [2.24, 2.45) is 0 Å². The average Bonchev–Trinajstić information content (AvgIpc) is 2.28. The fourth-order valence-electron chi connectivity index (χ4n) is 1.58. The summed E-state index contributed by atoms with van der Waals surface area (Å²) in [7, 11) is 0. The Balaban J connectivity index is 2.44. The Kier molecular flexibility index (Phi) is 4.70. The quantitative estimate of drug-likeness (QED) is 0.502. The van der Waals surface area contributed by atoms with E-state index in [1.165, 1.54) is 6.07 Å². The first-order valence-corrected chi connectivity index (χ1v) is 7.49. The topological polar surface area (TPSA) is 0 Å². The minimum absolute atomic E-state index is 0.294. The Bertz CT molecular complexity index is 536. The van der Waals surface area contributed by atoms with Crippen LogP contribution in [-0.4, -0.2) is 0 Å². The summed E-state index contributed by atoms with van der Waals surface area (Å²) < 4.78 is 14.6. The van der Waals surface area contributed by atoms with Crippen molar-refractivity contribution in [1.82, 2.24) is 0 Å². The van der Waals surface area contributed by atoms with Gasteiger partial charge in [0.1, 0.15) is 5.82 Å². The minimum Gasteiger partial charge on any atom is -0.207 e. The normalized spacial score (nSPS) is 12.5. The summed E-state index contributed by atoms with van der Waals surface area (Å²) in [6.45, 7) is 0. The van der Waals surface area contributed by atoms with Crippen LogP contribution in [0.3, 0.4) is 0 Å². The molecule has 2 aromatic carbocycles. The monoisotopic (exact) mass is 410 g/mol. The Morgan fingerprint density at radius 1 is 1.00 bits per heavy atom. The molecule has 1 unspecified atom stereocenters. The van der Waals surface area contributed by atoms with E-state index in [2.05, 4.69) is 31.9 Å². The molecule has 0 radical (unpaired) electrons. The number of halogens is 5. The fraction of sp³-hybridized carbons (Fsp3) is 0.0769. The lowest BCUT2D eigenvalue weighted by molar-refractivity contribution is 0.612. The number of hydrogen-bond acceptors (Lipinski definition) is 0. The molecule has 0 bridgehead atoms. The molecule has 0 N–H and O–H groups in total. The molecule has 0 aliphatic carbocycles. The lowest BCUT2D eigenvalue weighted by atomic mass is 10.0. The van der Waals surface area contributed by atoms with Crippen molar-refractivity contribution in [2.45, 2.75) is 4.83 Å². The molecule has 94 valence electrons. The van der Waals surface area contributed by atoms with Crippen molar-refractivity contribution in [3.8, 4) is 0 Å². The maximum atomic E-state index is 13.9. The number of rotatable bonds is 2. The molecule has 2 rings (SSSR count). The van der Waals surface area contributed by atoms with Crippen LogP contribution in [0.1, 0.15) is 16.0 Å². The van der Waals surface area contributed by atoms with Crippen LogP contribution in [0.25, 0.3) is 0 Å². The van der Waals surface area contributed by atoms with E-state index in [-0.39, 0.29) is 10.6 Å². The van der Waals surface area contributed by atoms with Gasteiger partial charge in [-0.05, 0) is 29.8 Å². The van der Waals surface area contributed by atoms with Gasteiger partial charge in [-0.15, -0.1) is 0 Å². The smallest absolute Gasteiger partial charge is 0.129 e. The lowest BCUT2D eigenvalue weighted by Gasteiger charge is -2.13. The Morgan fingerprint density at radius 2 is 1.67 bits per heavy atom. The predicted molar refractivity (Wildman–Crippen MR) is 81.3 cm³/mol. The maximum Gasteiger partial charge on any atom is 0.129 e. The van der Waals surface area contributed by atoms with Crippen molar-refractivity contribution >= 4 is 55.1 Å². The number of alkyl halides is 1. The summed E-state index contributed by atoms with van der Waals surface area (Å²) in [5.41, 5.74) is 1.31. The summed E-state index contributed by atoms with van der Waals surface area (Å²) >= 11 is 18.6. The Hall–Kier alpha value is -0.0900. The van der Waals surface area contributed by atoms with E-state index in [0.29, 0.717) is 20.1 Å². The van der Waals surface area contributed by atoms with Crippen LogP contribution in [0, 0.1) is 5.82 Å². The van der Waals surface area contributed by atoms with Crippen LogP contribution < -0.4 is 0 Å². The third-order valence-corrected chi connectivity index (χ3v) is 4.51. The van der Waals surface area contributed by atoms with Crippen molar-refractivity contribution in [2.75, 3.05) is 0 Å². The third kappa shape index (κ3) is 3.08. The van der Waals surface area contributed by atoms with Crippen molar-refractivity contribution in [3.05, 3.63) is 67.9 Å². The van der Waals surface area contributed by atoms with Gasteiger partial charge in [0, 0.05) is 20.1 Å². The van der Waals surface area contributed by atoms with Gasteiger partial charge in [0.15, 0.2) is 0 Å². The van der Waals surface area contributed by atoms with Gasteiger partial charge in [-0.1, -0.05) is 67.2 Å². The molecule has 1 atom stereocenters. The highest BCUT2D eigenvalue weighted by molar-refractivity contribution is 9.10. The summed E-state index contributed by atoms with van der Waals surface area (Å²) in [5, 5.41) is 1.06. The second-order valence-corrected chi connectivity index (χ2v) is 6.37. The van der Waals surface area contributed by atoms with Gasteiger partial charge in [-0.3, -0.25) is 0 Å². The van der Waals surface area contributed by atoms with Gasteiger partial charge in [0.2, 0.25) is 0 Å². The van der Waals surface area contributed by atoms with Gasteiger partial charge >= 0.3 is 0 Å². The first-order chi connectivity index (χ1) is 8.49. The fourth-order valence-corrected chi connectivity index (χ4v) is 3.33. The van der Waals surface area contributed by atoms with E-state index < -0.39 is 0 Å². The molecule has 0 fully saturated rings. The zero-order valence-corrected chi connectivity index (χ0v) is 13.6. The molecule has 2 aromatic rings. The van der Waals surface area contributed by atoms with E-state index in [1.807, 2.05) is 0 Å². The summed E-state index contributed by atoms with van der Waals surface area (Å²) in [5.74, 6) is -0.294. The second kappa shape index (κ2) is 5.91. The molecular formula is C13H7Br2Cl2F. The van der Waals surface area contributed by atoms with Gasteiger partial charge < -0.3 is 0 Å². The highest BCUT2D eigenvalue weighted by atomic mass is 79.9. The zero-order chi connectivity index (χ0) is 13.3. The van der Waals surface area contributed by atoms with Gasteiger partial charge in [0.25, 0.3) is 0 Å². The minimum atomic E-state index is -0.310. The molecule has 0 heterocycles. The molecule has 0 aliphatic heterocycles. The molecular weight excluding hydrogens is 406 g/mol. The molecule has 0 saturated carbocycles. The van der Waals surface area contributed by atoms with Crippen LogP contribution in [0.4, 0.5) is 4.39 Å². The highest BCUT2D eigenvalue weighted by Crippen LogP contribution is 2.37. The van der Waals surface area contributed by atoms with E-state index in [4.69, 9.17) is 23.2 Å². The zero-order valence-electron chi connectivity index (χ0n) is 8.93. The Morgan fingerprint density at radius 3 is 2.28 bits per heavy atom. The molecule has 18 heavy (non-hydrogen) atoms. The largest absolute Gasteiger partial charge is 0.207 e. The van der Waals surface area contributed by atoms with Gasteiger partial charge in [0.05, 0.1) is 4.83 Å². The van der Waals surface area contributed by atoms with E-state index in [0.717, 1.165) is 5.56 Å².